The second-order valence-electron chi connectivity index (χ2n) is 3.57. The first-order valence-corrected chi connectivity index (χ1v) is 6.38. The van der Waals surface area contributed by atoms with E-state index in [9.17, 15) is 0 Å². The van der Waals surface area contributed by atoms with Crippen LogP contribution in [0.3, 0.4) is 0 Å². The Morgan fingerprint density at radius 1 is 0.778 bits per heavy atom. The molecule has 0 saturated heterocycles. The third-order valence-electron chi connectivity index (χ3n) is 2.21. The molecule has 0 bridgehead atoms. The first kappa shape index (κ1) is 14.8. The van der Waals surface area contributed by atoms with Crippen LogP contribution in [-0.2, 0) is 9.47 Å². The number of ether oxygens (including phenoxy) is 4. The van der Waals surface area contributed by atoms with Crippen LogP contribution < -0.4 is 9.47 Å². The van der Waals surface area contributed by atoms with E-state index in [-0.39, 0.29) is 0 Å². The van der Waals surface area contributed by atoms with Gasteiger partial charge >= 0.3 is 0 Å². The van der Waals surface area contributed by atoms with E-state index in [4.69, 9.17) is 18.9 Å². The number of hydrogen-bond acceptors (Lipinski definition) is 4. The summed E-state index contributed by atoms with van der Waals surface area (Å²) in [6, 6.07) is 7.59. The summed E-state index contributed by atoms with van der Waals surface area (Å²) in [6.45, 7) is 7.66. The molecule has 0 amide bonds. The van der Waals surface area contributed by atoms with Crippen molar-refractivity contribution in [1.29, 1.82) is 0 Å². The highest BCUT2D eigenvalue weighted by atomic mass is 16.5. The quantitative estimate of drug-likeness (QED) is 0.601. The highest BCUT2D eigenvalue weighted by molar-refractivity contribution is 5.32. The second-order valence-corrected chi connectivity index (χ2v) is 3.57. The molecule has 102 valence electrons. The fourth-order valence-corrected chi connectivity index (χ4v) is 1.38. The molecule has 0 aliphatic carbocycles. The van der Waals surface area contributed by atoms with Crippen molar-refractivity contribution in [2.75, 3.05) is 39.6 Å². The molecule has 1 aromatic rings. The van der Waals surface area contributed by atoms with E-state index in [0.717, 1.165) is 11.5 Å². The molecule has 0 saturated carbocycles. The van der Waals surface area contributed by atoms with Crippen molar-refractivity contribution in [3.05, 3.63) is 24.3 Å². The topological polar surface area (TPSA) is 36.9 Å². The Bertz CT molecular complexity index is 287. The van der Waals surface area contributed by atoms with Crippen LogP contribution in [-0.4, -0.2) is 39.6 Å². The SMILES string of the molecule is CCOCCOc1cccc(OCCOCC)c1. The van der Waals surface area contributed by atoms with Gasteiger partial charge in [0.2, 0.25) is 0 Å². The van der Waals surface area contributed by atoms with Gasteiger partial charge in [0.25, 0.3) is 0 Å². The molecule has 0 fully saturated rings. The highest BCUT2D eigenvalue weighted by Gasteiger charge is 1.98. The van der Waals surface area contributed by atoms with Gasteiger partial charge in [-0.05, 0) is 26.0 Å². The summed E-state index contributed by atoms with van der Waals surface area (Å²) in [5.74, 6) is 1.59. The zero-order valence-electron chi connectivity index (χ0n) is 11.2. The van der Waals surface area contributed by atoms with Crippen molar-refractivity contribution < 1.29 is 18.9 Å². The standard InChI is InChI=1S/C14H22O4/c1-3-15-8-10-17-13-6-5-7-14(12-13)18-11-9-16-4-2/h5-7,12H,3-4,8-11H2,1-2H3. The van der Waals surface area contributed by atoms with Gasteiger partial charge in [0.15, 0.2) is 0 Å². The van der Waals surface area contributed by atoms with E-state index in [1.165, 1.54) is 0 Å². The molecule has 1 aromatic carbocycles. The largest absolute Gasteiger partial charge is 0.491 e. The van der Waals surface area contributed by atoms with Crippen LogP contribution in [0.2, 0.25) is 0 Å². The summed E-state index contributed by atoms with van der Waals surface area (Å²) >= 11 is 0. The molecule has 4 heteroatoms. The minimum Gasteiger partial charge on any atom is -0.491 e. The maximum atomic E-state index is 5.54. The van der Waals surface area contributed by atoms with Gasteiger partial charge in [-0.2, -0.15) is 0 Å². The summed E-state index contributed by atoms with van der Waals surface area (Å²) in [7, 11) is 0. The van der Waals surface area contributed by atoms with Crippen LogP contribution in [0.15, 0.2) is 24.3 Å². The lowest BCUT2D eigenvalue weighted by Crippen LogP contribution is -2.07. The van der Waals surface area contributed by atoms with E-state index in [0.29, 0.717) is 39.6 Å². The lowest BCUT2D eigenvalue weighted by Gasteiger charge is -2.09. The van der Waals surface area contributed by atoms with Crippen LogP contribution in [0.4, 0.5) is 0 Å². The fraction of sp³-hybridized carbons (Fsp3) is 0.571. The molecule has 0 heterocycles. The first-order valence-electron chi connectivity index (χ1n) is 6.38. The average Bonchev–Trinajstić information content (AvgIpc) is 2.40. The smallest absolute Gasteiger partial charge is 0.123 e. The molecule has 18 heavy (non-hydrogen) atoms. The van der Waals surface area contributed by atoms with Crippen LogP contribution >= 0.6 is 0 Å². The Hall–Kier alpha value is -1.26. The Morgan fingerprint density at radius 3 is 1.72 bits per heavy atom. The van der Waals surface area contributed by atoms with Crippen LogP contribution in [0.1, 0.15) is 13.8 Å². The second kappa shape index (κ2) is 9.74. The normalized spacial score (nSPS) is 10.3. The predicted molar refractivity (Wildman–Crippen MR) is 70.4 cm³/mol. The molecule has 0 radical (unpaired) electrons. The number of benzene rings is 1. The average molecular weight is 254 g/mol. The van der Waals surface area contributed by atoms with Crippen molar-refractivity contribution in [2.24, 2.45) is 0 Å². The molecule has 4 nitrogen and oxygen atoms in total. The molecule has 0 aliphatic heterocycles. The maximum Gasteiger partial charge on any atom is 0.123 e. The van der Waals surface area contributed by atoms with Crippen molar-refractivity contribution in [1.82, 2.24) is 0 Å². The van der Waals surface area contributed by atoms with Gasteiger partial charge in [0.1, 0.15) is 24.7 Å². The molecular formula is C14H22O4. The third-order valence-corrected chi connectivity index (χ3v) is 2.21. The molecule has 0 unspecified atom stereocenters. The minimum atomic E-state index is 0.552. The van der Waals surface area contributed by atoms with Gasteiger partial charge in [-0.3, -0.25) is 0 Å². The third kappa shape index (κ3) is 6.47. The molecule has 0 atom stereocenters. The van der Waals surface area contributed by atoms with Crippen LogP contribution in [0, 0.1) is 0 Å². The van der Waals surface area contributed by atoms with E-state index >= 15 is 0 Å². The van der Waals surface area contributed by atoms with Crippen molar-refractivity contribution in [3.63, 3.8) is 0 Å². The Balaban J connectivity index is 2.27. The summed E-state index contributed by atoms with van der Waals surface area (Å²) < 4.78 is 21.5. The predicted octanol–water partition coefficient (Wildman–Crippen LogP) is 2.52. The van der Waals surface area contributed by atoms with Gasteiger partial charge in [0, 0.05) is 19.3 Å². The summed E-state index contributed by atoms with van der Waals surface area (Å²) in [5.41, 5.74) is 0. The van der Waals surface area contributed by atoms with E-state index in [1.807, 2.05) is 38.1 Å². The molecule has 0 aromatic heterocycles. The Kier molecular flexibility index (Phi) is 8.01. The molecule has 0 spiro atoms. The molecule has 0 N–H and O–H groups in total. The maximum absolute atomic E-state index is 5.54. The first-order chi connectivity index (χ1) is 8.86. The Labute approximate surface area is 109 Å². The zero-order chi connectivity index (χ0) is 13.1. The van der Waals surface area contributed by atoms with Crippen LogP contribution in [0.5, 0.6) is 11.5 Å². The lowest BCUT2D eigenvalue weighted by atomic mass is 10.3. The van der Waals surface area contributed by atoms with Crippen molar-refractivity contribution in [2.45, 2.75) is 13.8 Å². The molecule has 1 rings (SSSR count). The van der Waals surface area contributed by atoms with E-state index < -0.39 is 0 Å². The summed E-state index contributed by atoms with van der Waals surface area (Å²) in [6.07, 6.45) is 0. The van der Waals surface area contributed by atoms with Gasteiger partial charge in [-0.25, -0.2) is 0 Å². The van der Waals surface area contributed by atoms with Gasteiger partial charge in [-0.1, -0.05) is 6.07 Å². The van der Waals surface area contributed by atoms with Gasteiger partial charge in [0.05, 0.1) is 13.2 Å². The lowest BCUT2D eigenvalue weighted by molar-refractivity contribution is 0.107. The Morgan fingerprint density at radius 2 is 1.28 bits per heavy atom. The van der Waals surface area contributed by atoms with E-state index in [2.05, 4.69) is 0 Å². The number of hydrogen-bond donors (Lipinski definition) is 0. The summed E-state index contributed by atoms with van der Waals surface area (Å²) in [5, 5.41) is 0. The van der Waals surface area contributed by atoms with Crippen molar-refractivity contribution >= 4 is 0 Å². The zero-order valence-corrected chi connectivity index (χ0v) is 11.2. The number of rotatable bonds is 10. The molecular weight excluding hydrogens is 232 g/mol. The summed E-state index contributed by atoms with van der Waals surface area (Å²) in [4.78, 5) is 0. The monoisotopic (exact) mass is 254 g/mol. The minimum absolute atomic E-state index is 0.552. The van der Waals surface area contributed by atoms with Crippen molar-refractivity contribution in [3.8, 4) is 11.5 Å². The van der Waals surface area contributed by atoms with E-state index in [1.54, 1.807) is 0 Å². The van der Waals surface area contributed by atoms with Gasteiger partial charge in [-0.15, -0.1) is 0 Å². The fourth-order valence-electron chi connectivity index (χ4n) is 1.38. The highest BCUT2D eigenvalue weighted by Crippen LogP contribution is 2.19. The molecule has 0 aliphatic rings. The van der Waals surface area contributed by atoms with Gasteiger partial charge < -0.3 is 18.9 Å². The van der Waals surface area contributed by atoms with Crippen LogP contribution in [0.25, 0.3) is 0 Å².